The molecule has 0 spiro atoms. The van der Waals surface area contributed by atoms with Crippen molar-refractivity contribution in [2.45, 2.75) is 26.7 Å². The zero-order valence-electron chi connectivity index (χ0n) is 14.8. The summed E-state index contributed by atoms with van der Waals surface area (Å²) in [5, 5.41) is 0.583. The van der Waals surface area contributed by atoms with Gasteiger partial charge in [0.15, 0.2) is 0 Å². The minimum atomic E-state index is -0.105. The van der Waals surface area contributed by atoms with E-state index >= 15 is 0 Å². The third kappa shape index (κ3) is 4.48. The molecule has 1 fully saturated rings. The molecule has 6 heteroatoms. The van der Waals surface area contributed by atoms with Crippen LogP contribution in [-0.4, -0.2) is 47.3 Å². The van der Waals surface area contributed by atoms with Crippen LogP contribution in [0.15, 0.2) is 29.1 Å². The fourth-order valence-electron chi connectivity index (χ4n) is 3.25. The number of hydrogen-bond acceptors (Lipinski definition) is 4. The Balaban J connectivity index is 1.70. The molecule has 1 aromatic heterocycles. The molecule has 5 nitrogen and oxygen atoms in total. The highest BCUT2D eigenvalue weighted by atomic mass is 35.5. The first-order chi connectivity index (χ1) is 12.0. The summed E-state index contributed by atoms with van der Waals surface area (Å²) < 4.78 is 6.93. The number of halogens is 1. The van der Waals surface area contributed by atoms with Gasteiger partial charge in [-0.15, -0.1) is 0 Å². The second-order valence-electron chi connectivity index (χ2n) is 6.46. The Morgan fingerprint density at radius 1 is 1.20 bits per heavy atom. The van der Waals surface area contributed by atoms with Crippen molar-refractivity contribution in [2.75, 3.05) is 32.8 Å². The molecule has 0 radical (unpaired) electrons. The number of hydrogen-bond donors (Lipinski definition) is 0. The lowest BCUT2D eigenvalue weighted by molar-refractivity contribution is 0.0375. The Bertz CT molecular complexity index is 798. The summed E-state index contributed by atoms with van der Waals surface area (Å²) in [6, 6.07) is 7.45. The maximum atomic E-state index is 12.3. The van der Waals surface area contributed by atoms with Crippen molar-refractivity contribution in [1.29, 1.82) is 0 Å². The average Bonchev–Trinajstić information content (AvgIpc) is 2.57. The van der Waals surface area contributed by atoms with Crippen LogP contribution in [0.25, 0.3) is 5.69 Å². The Kier molecular flexibility index (Phi) is 5.89. The largest absolute Gasteiger partial charge is 0.379 e. The van der Waals surface area contributed by atoms with Crippen molar-refractivity contribution >= 4 is 11.6 Å². The first-order valence-electron chi connectivity index (χ1n) is 8.71. The van der Waals surface area contributed by atoms with E-state index in [9.17, 15) is 4.79 Å². The van der Waals surface area contributed by atoms with Gasteiger partial charge in [0.05, 0.1) is 23.9 Å². The van der Waals surface area contributed by atoms with Crippen molar-refractivity contribution in [3.63, 3.8) is 0 Å². The quantitative estimate of drug-likeness (QED) is 0.821. The van der Waals surface area contributed by atoms with Crippen LogP contribution < -0.4 is 5.56 Å². The smallest absolute Gasteiger partial charge is 0.258 e. The lowest BCUT2D eigenvalue weighted by atomic mass is 10.1. The van der Waals surface area contributed by atoms with E-state index in [1.807, 2.05) is 32.0 Å². The van der Waals surface area contributed by atoms with Crippen molar-refractivity contribution < 1.29 is 4.74 Å². The fraction of sp³-hybridized carbons (Fsp3) is 0.474. The van der Waals surface area contributed by atoms with Gasteiger partial charge in [0, 0.05) is 24.8 Å². The predicted molar refractivity (Wildman–Crippen MR) is 99.9 cm³/mol. The number of aryl methyl sites for hydroxylation is 3. The number of ether oxygens (including phenoxy) is 1. The highest BCUT2D eigenvalue weighted by Gasteiger charge is 2.12. The molecule has 0 aliphatic carbocycles. The molecule has 0 N–H and O–H groups in total. The van der Waals surface area contributed by atoms with Gasteiger partial charge in [-0.1, -0.05) is 17.7 Å². The number of rotatable bonds is 5. The Hall–Kier alpha value is -1.69. The van der Waals surface area contributed by atoms with Crippen molar-refractivity contribution in [2.24, 2.45) is 0 Å². The number of aromatic nitrogens is 2. The molecule has 0 atom stereocenters. The second kappa shape index (κ2) is 8.13. The van der Waals surface area contributed by atoms with Gasteiger partial charge in [-0.05, 0) is 50.9 Å². The molecular weight excluding hydrogens is 338 g/mol. The van der Waals surface area contributed by atoms with E-state index in [1.54, 1.807) is 4.57 Å². The number of nitrogens with zero attached hydrogens (tertiary/aromatic N) is 3. The molecule has 3 rings (SSSR count). The molecule has 1 aromatic carbocycles. The van der Waals surface area contributed by atoms with Gasteiger partial charge in [0.25, 0.3) is 5.56 Å². The van der Waals surface area contributed by atoms with Gasteiger partial charge < -0.3 is 4.74 Å². The first-order valence-corrected chi connectivity index (χ1v) is 9.08. The molecule has 0 unspecified atom stereocenters. The van der Waals surface area contributed by atoms with Gasteiger partial charge in [0.2, 0.25) is 0 Å². The molecular formula is C19H24ClN3O2. The molecule has 1 aliphatic heterocycles. The van der Waals surface area contributed by atoms with Crippen LogP contribution >= 0.6 is 11.6 Å². The minimum absolute atomic E-state index is 0.105. The summed E-state index contributed by atoms with van der Waals surface area (Å²) in [5.41, 5.74) is 2.49. The molecule has 0 amide bonds. The zero-order chi connectivity index (χ0) is 17.8. The number of benzene rings is 1. The predicted octanol–water partition coefficient (Wildman–Crippen LogP) is 2.77. The normalized spacial score (nSPS) is 15.5. The molecule has 134 valence electrons. The third-order valence-corrected chi connectivity index (χ3v) is 4.81. The molecule has 1 aliphatic rings. The zero-order valence-corrected chi connectivity index (χ0v) is 15.6. The molecule has 0 bridgehead atoms. The minimum Gasteiger partial charge on any atom is -0.379 e. The first kappa shape index (κ1) is 18.1. The molecule has 2 heterocycles. The summed E-state index contributed by atoms with van der Waals surface area (Å²) in [5.74, 6) is 0.645. The Labute approximate surface area is 153 Å². The number of morpholine rings is 1. The summed E-state index contributed by atoms with van der Waals surface area (Å²) in [7, 11) is 0. The Morgan fingerprint density at radius 3 is 2.64 bits per heavy atom. The molecule has 1 saturated heterocycles. The molecule has 0 saturated carbocycles. The van der Waals surface area contributed by atoms with Crippen LogP contribution in [-0.2, 0) is 11.2 Å². The summed E-state index contributed by atoms with van der Waals surface area (Å²) in [6.07, 6.45) is 2.05. The topological polar surface area (TPSA) is 47.4 Å². The van der Waals surface area contributed by atoms with E-state index in [0.717, 1.165) is 51.4 Å². The van der Waals surface area contributed by atoms with Crippen LogP contribution in [0.5, 0.6) is 0 Å². The van der Waals surface area contributed by atoms with E-state index in [2.05, 4.69) is 9.88 Å². The van der Waals surface area contributed by atoms with Crippen molar-refractivity contribution in [3.05, 3.63) is 56.7 Å². The average molecular weight is 362 g/mol. The third-order valence-electron chi connectivity index (χ3n) is 4.51. The highest BCUT2D eigenvalue weighted by Crippen LogP contribution is 2.22. The van der Waals surface area contributed by atoms with Gasteiger partial charge in [0.1, 0.15) is 5.82 Å². The molecule has 2 aromatic rings. The van der Waals surface area contributed by atoms with Gasteiger partial charge in [-0.2, -0.15) is 0 Å². The van der Waals surface area contributed by atoms with Crippen LogP contribution in [0.3, 0.4) is 0 Å². The van der Waals surface area contributed by atoms with Gasteiger partial charge in [-0.25, -0.2) is 4.98 Å². The standard InChI is InChI=1S/C19H24ClN3O2/c1-14-12-19(24)23(15(2)21-14)18-6-5-16(13-17(18)20)4-3-7-22-8-10-25-11-9-22/h5-6,12-13H,3-4,7-11H2,1-2H3. The van der Waals surface area contributed by atoms with Crippen LogP contribution in [0.1, 0.15) is 23.5 Å². The van der Waals surface area contributed by atoms with E-state index < -0.39 is 0 Å². The Morgan fingerprint density at radius 2 is 1.96 bits per heavy atom. The van der Waals surface area contributed by atoms with E-state index in [1.165, 1.54) is 11.6 Å². The lowest BCUT2D eigenvalue weighted by Crippen LogP contribution is -2.36. The van der Waals surface area contributed by atoms with E-state index in [0.29, 0.717) is 16.5 Å². The lowest BCUT2D eigenvalue weighted by Gasteiger charge is -2.26. The van der Waals surface area contributed by atoms with Crippen LogP contribution in [0.2, 0.25) is 5.02 Å². The summed E-state index contributed by atoms with van der Waals surface area (Å²) >= 11 is 6.46. The van der Waals surface area contributed by atoms with Crippen LogP contribution in [0, 0.1) is 13.8 Å². The SMILES string of the molecule is Cc1cc(=O)n(-c2ccc(CCCN3CCOCC3)cc2Cl)c(C)n1. The highest BCUT2D eigenvalue weighted by molar-refractivity contribution is 6.32. The van der Waals surface area contributed by atoms with Crippen molar-refractivity contribution in [3.8, 4) is 5.69 Å². The maximum Gasteiger partial charge on any atom is 0.258 e. The summed E-state index contributed by atoms with van der Waals surface area (Å²) in [4.78, 5) is 19.1. The molecule has 25 heavy (non-hydrogen) atoms. The van der Waals surface area contributed by atoms with E-state index in [-0.39, 0.29) is 5.56 Å². The van der Waals surface area contributed by atoms with Crippen LogP contribution in [0.4, 0.5) is 0 Å². The van der Waals surface area contributed by atoms with Gasteiger partial charge in [-0.3, -0.25) is 14.3 Å². The van der Waals surface area contributed by atoms with E-state index in [4.69, 9.17) is 16.3 Å². The maximum absolute atomic E-state index is 12.3. The van der Waals surface area contributed by atoms with Crippen molar-refractivity contribution in [1.82, 2.24) is 14.5 Å². The van der Waals surface area contributed by atoms with Gasteiger partial charge >= 0.3 is 0 Å². The fourth-order valence-corrected chi connectivity index (χ4v) is 3.54. The summed E-state index contributed by atoms with van der Waals surface area (Å²) in [6.45, 7) is 8.41. The second-order valence-corrected chi connectivity index (χ2v) is 6.87. The monoisotopic (exact) mass is 361 g/mol.